The Morgan fingerprint density at radius 3 is 2.89 bits per heavy atom. The second-order valence-corrected chi connectivity index (χ2v) is 11.1. The van der Waals surface area contributed by atoms with Crippen LogP contribution < -0.4 is 10.0 Å². The number of nitrogens with one attached hydrogen (secondary N) is 2. The van der Waals surface area contributed by atoms with Crippen molar-refractivity contribution in [3.05, 3.63) is 65.9 Å². The van der Waals surface area contributed by atoms with Gasteiger partial charge in [-0.2, -0.15) is 5.10 Å². The number of aromatic nitrogens is 4. The van der Waals surface area contributed by atoms with Gasteiger partial charge in [-0.1, -0.05) is 6.07 Å². The molecule has 3 aromatic heterocycles. The SMILES string of the molecule is Cc1cc2c(c(NC(=O)NS(=O)(=O)c3cnn(CC4CC4)c3)c1-c1ccn3ccnc3c1)CCC2. The minimum atomic E-state index is -4.06. The predicted molar refractivity (Wildman–Crippen MR) is 132 cm³/mol. The molecule has 1 aromatic carbocycles. The van der Waals surface area contributed by atoms with Crippen LogP contribution in [-0.2, 0) is 29.4 Å². The minimum Gasteiger partial charge on any atom is -0.307 e. The van der Waals surface area contributed by atoms with Crippen LogP contribution in [0.5, 0.6) is 0 Å². The molecule has 9 nitrogen and oxygen atoms in total. The van der Waals surface area contributed by atoms with Crippen LogP contribution in [0.4, 0.5) is 10.5 Å². The van der Waals surface area contributed by atoms with Gasteiger partial charge in [0, 0.05) is 36.9 Å². The monoisotopic (exact) mass is 490 g/mol. The first kappa shape index (κ1) is 21.8. The van der Waals surface area contributed by atoms with Crippen molar-refractivity contribution in [2.75, 3.05) is 5.32 Å². The molecule has 1 saturated carbocycles. The number of benzene rings is 1. The summed E-state index contributed by atoms with van der Waals surface area (Å²) in [7, 11) is -4.06. The highest BCUT2D eigenvalue weighted by Gasteiger charge is 2.26. The standard InChI is InChI=1S/C25H26N6O3S/c1-16-11-18-3-2-4-21(18)24(23(16)19-7-9-30-10-8-26-22(30)12-19)28-25(32)29-35(33,34)20-13-27-31(15-20)14-17-5-6-17/h7-13,15,17H,2-6,14H2,1H3,(H2,28,29,32). The number of rotatable bonds is 6. The number of fused-ring (bicyclic) bond motifs is 2. The van der Waals surface area contributed by atoms with Crippen molar-refractivity contribution in [3.63, 3.8) is 0 Å². The topological polar surface area (TPSA) is 110 Å². The van der Waals surface area contributed by atoms with Gasteiger partial charge >= 0.3 is 6.03 Å². The first-order chi connectivity index (χ1) is 16.9. The number of carbonyl (C=O) groups is 1. The molecule has 180 valence electrons. The molecule has 0 spiro atoms. The number of hydrogen-bond donors (Lipinski definition) is 2. The molecule has 2 amide bonds. The summed E-state index contributed by atoms with van der Waals surface area (Å²) in [4.78, 5) is 17.4. The number of amides is 2. The highest BCUT2D eigenvalue weighted by Crippen LogP contribution is 2.40. The van der Waals surface area contributed by atoms with Gasteiger partial charge in [-0.05, 0) is 79.3 Å². The molecule has 2 aliphatic carbocycles. The molecule has 1 fully saturated rings. The summed E-state index contributed by atoms with van der Waals surface area (Å²) in [5, 5.41) is 7.03. The Kier molecular flexibility index (Phi) is 5.14. The summed E-state index contributed by atoms with van der Waals surface area (Å²) in [5.41, 5.74) is 6.50. The van der Waals surface area contributed by atoms with Crippen LogP contribution in [0.15, 0.2) is 54.1 Å². The molecule has 0 radical (unpaired) electrons. The molecule has 35 heavy (non-hydrogen) atoms. The Bertz CT molecular complexity index is 1570. The van der Waals surface area contributed by atoms with Gasteiger partial charge in [0.1, 0.15) is 10.5 Å². The molecule has 0 unspecified atom stereocenters. The quantitative estimate of drug-likeness (QED) is 0.426. The van der Waals surface area contributed by atoms with E-state index in [1.165, 1.54) is 18.0 Å². The Balaban J connectivity index is 1.32. The van der Waals surface area contributed by atoms with Crippen molar-refractivity contribution in [3.8, 4) is 11.1 Å². The molecule has 0 atom stereocenters. The molecule has 10 heteroatoms. The Labute approximate surface area is 203 Å². The minimum absolute atomic E-state index is 0.0206. The number of hydrogen-bond acceptors (Lipinski definition) is 5. The average molecular weight is 491 g/mol. The van der Waals surface area contributed by atoms with E-state index in [2.05, 4.69) is 26.2 Å². The van der Waals surface area contributed by atoms with Gasteiger partial charge in [0.2, 0.25) is 0 Å². The molecular weight excluding hydrogens is 464 g/mol. The maximum atomic E-state index is 13.0. The van der Waals surface area contributed by atoms with Crippen LogP contribution in [-0.4, -0.2) is 33.6 Å². The lowest BCUT2D eigenvalue weighted by atomic mass is 9.93. The fourth-order valence-corrected chi connectivity index (χ4v) is 5.80. The number of pyridine rings is 1. The fraction of sp³-hybridized carbons (Fsp3) is 0.320. The number of urea groups is 1. The normalized spacial score (nSPS) is 15.3. The summed E-state index contributed by atoms with van der Waals surface area (Å²) >= 11 is 0. The Morgan fingerprint density at radius 1 is 1.20 bits per heavy atom. The zero-order chi connectivity index (χ0) is 24.2. The lowest BCUT2D eigenvalue weighted by Crippen LogP contribution is -2.34. The zero-order valence-corrected chi connectivity index (χ0v) is 20.2. The largest absolute Gasteiger partial charge is 0.333 e. The summed E-state index contributed by atoms with van der Waals surface area (Å²) in [6.07, 6.45) is 13.3. The van der Waals surface area contributed by atoms with Gasteiger partial charge in [0.25, 0.3) is 10.0 Å². The van der Waals surface area contributed by atoms with E-state index >= 15 is 0 Å². The maximum Gasteiger partial charge on any atom is 0.333 e. The van der Waals surface area contributed by atoms with Crippen molar-refractivity contribution in [1.29, 1.82) is 0 Å². The van der Waals surface area contributed by atoms with Gasteiger partial charge in [0.15, 0.2) is 0 Å². The third kappa shape index (κ3) is 4.18. The van der Waals surface area contributed by atoms with Crippen LogP contribution in [0.2, 0.25) is 0 Å². The van der Waals surface area contributed by atoms with E-state index in [0.29, 0.717) is 18.2 Å². The van der Waals surface area contributed by atoms with Gasteiger partial charge in [-0.25, -0.2) is 22.9 Å². The van der Waals surface area contributed by atoms with Crippen molar-refractivity contribution in [2.24, 2.45) is 5.92 Å². The van der Waals surface area contributed by atoms with Crippen LogP contribution in [0.25, 0.3) is 16.8 Å². The number of anilines is 1. The van der Waals surface area contributed by atoms with Crippen molar-refractivity contribution in [1.82, 2.24) is 23.9 Å². The maximum absolute atomic E-state index is 13.0. The Morgan fingerprint density at radius 2 is 2.06 bits per heavy atom. The van der Waals surface area contributed by atoms with E-state index in [9.17, 15) is 13.2 Å². The smallest absolute Gasteiger partial charge is 0.307 e. The van der Waals surface area contributed by atoms with Crippen LogP contribution >= 0.6 is 0 Å². The highest BCUT2D eigenvalue weighted by atomic mass is 32.2. The molecule has 2 aliphatic rings. The van der Waals surface area contributed by atoms with Gasteiger partial charge in [-0.15, -0.1) is 0 Å². The number of imidazole rings is 1. The summed E-state index contributed by atoms with van der Waals surface area (Å²) in [5.74, 6) is 0.560. The van der Waals surface area contributed by atoms with E-state index in [-0.39, 0.29) is 4.90 Å². The summed E-state index contributed by atoms with van der Waals surface area (Å²) < 4.78 is 31.5. The van der Waals surface area contributed by atoms with E-state index in [4.69, 9.17) is 0 Å². The lowest BCUT2D eigenvalue weighted by molar-refractivity contribution is 0.256. The first-order valence-corrected chi connectivity index (χ1v) is 13.3. The molecule has 0 bridgehead atoms. The number of nitrogens with zero attached hydrogens (tertiary/aromatic N) is 4. The second kappa shape index (κ2) is 8.23. The fourth-order valence-electron chi connectivity index (χ4n) is 4.94. The van der Waals surface area contributed by atoms with E-state index in [1.807, 2.05) is 35.9 Å². The van der Waals surface area contributed by atoms with E-state index < -0.39 is 16.1 Å². The number of aryl methyl sites for hydroxylation is 2. The molecule has 2 N–H and O–H groups in total. The van der Waals surface area contributed by atoms with Crippen LogP contribution in [0.3, 0.4) is 0 Å². The molecule has 0 saturated heterocycles. The highest BCUT2D eigenvalue weighted by molar-refractivity contribution is 7.90. The molecule has 3 heterocycles. The number of sulfonamides is 1. The lowest BCUT2D eigenvalue weighted by Gasteiger charge is -2.19. The third-order valence-electron chi connectivity index (χ3n) is 6.81. The van der Waals surface area contributed by atoms with Gasteiger partial charge < -0.3 is 9.72 Å². The van der Waals surface area contributed by atoms with Crippen molar-refractivity contribution >= 4 is 27.4 Å². The molecular formula is C25H26N6O3S. The molecule has 0 aliphatic heterocycles. The van der Waals surface area contributed by atoms with E-state index in [0.717, 1.165) is 60.0 Å². The van der Waals surface area contributed by atoms with Crippen LogP contribution in [0, 0.1) is 12.8 Å². The molecule has 4 aromatic rings. The Hall–Kier alpha value is -3.66. The third-order valence-corrected chi connectivity index (χ3v) is 8.10. The second-order valence-electron chi connectivity index (χ2n) is 9.44. The number of carbonyl (C=O) groups excluding carboxylic acids is 1. The summed E-state index contributed by atoms with van der Waals surface area (Å²) in [6, 6.07) is 5.33. The van der Waals surface area contributed by atoms with Gasteiger partial charge in [0.05, 0.1) is 11.9 Å². The molecule has 6 rings (SSSR count). The van der Waals surface area contributed by atoms with Crippen molar-refractivity contribution < 1.29 is 13.2 Å². The summed E-state index contributed by atoms with van der Waals surface area (Å²) in [6.45, 7) is 2.71. The first-order valence-electron chi connectivity index (χ1n) is 11.8. The van der Waals surface area contributed by atoms with E-state index in [1.54, 1.807) is 10.9 Å². The zero-order valence-electron chi connectivity index (χ0n) is 19.4. The average Bonchev–Trinajstić information content (AvgIpc) is 3.20. The van der Waals surface area contributed by atoms with Crippen LogP contribution in [0.1, 0.15) is 36.0 Å². The predicted octanol–water partition coefficient (Wildman–Crippen LogP) is 3.92. The van der Waals surface area contributed by atoms with Gasteiger partial charge in [-0.3, -0.25) is 4.68 Å². The van der Waals surface area contributed by atoms with Crippen molar-refractivity contribution in [2.45, 2.75) is 50.5 Å².